The van der Waals surface area contributed by atoms with Crippen molar-refractivity contribution in [2.24, 2.45) is 27.5 Å². The van der Waals surface area contributed by atoms with E-state index in [1.807, 2.05) is 13.8 Å². The van der Waals surface area contributed by atoms with Crippen molar-refractivity contribution in [2.45, 2.75) is 112 Å². The summed E-state index contributed by atoms with van der Waals surface area (Å²) >= 11 is 0. The highest BCUT2D eigenvalue weighted by atomic mass is 16.7. The van der Waals surface area contributed by atoms with Crippen molar-refractivity contribution in [1.29, 1.82) is 0 Å². The normalized spacial score (nSPS) is 12.0. The molecule has 0 aromatic carbocycles. The standard InChI is InChI=1S/C21H43N3O2/c1-6-7-8-9-10-11-12-13-14-15-16-17-20(2,3)21(4,5)18(25)26-24-19(22)23/h6-17H2,1-5H3,(H4,22,23,24). The van der Waals surface area contributed by atoms with Gasteiger partial charge in [-0.15, -0.1) is 0 Å². The van der Waals surface area contributed by atoms with Gasteiger partial charge in [0.2, 0.25) is 5.96 Å². The van der Waals surface area contributed by atoms with Crippen molar-refractivity contribution in [2.75, 3.05) is 0 Å². The van der Waals surface area contributed by atoms with Crippen molar-refractivity contribution < 1.29 is 9.63 Å². The number of unbranched alkanes of at least 4 members (excludes halogenated alkanes) is 10. The van der Waals surface area contributed by atoms with Crippen LogP contribution in [0.2, 0.25) is 0 Å². The summed E-state index contributed by atoms with van der Waals surface area (Å²) in [4.78, 5) is 17.1. The number of carbonyl (C=O) groups excluding carboxylic acids is 1. The average Bonchev–Trinajstić information content (AvgIpc) is 2.57. The Bertz CT molecular complexity index is 413. The zero-order valence-electron chi connectivity index (χ0n) is 17.9. The topological polar surface area (TPSA) is 90.7 Å². The quantitative estimate of drug-likeness (QED) is 0.132. The van der Waals surface area contributed by atoms with E-state index in [9.17, 15) is 4.79 Å². The third-order valence-electron chi connectivity index (χ3n) is 5.84. The van der Waals surface area contributed by atoms with Crippen LogP contribution in [0.4, 0.5) is 0 Å². The van der Waals surface area contributed by atoms with E-state index < -0.39 is 5.41 Å². The van der Waals surface area contributed by atoms with Crippen LogP contribution >= 0.6 is 0 Å². The molecule has 0 radical (unpaired) electrons. The predicted molar refractivity (Wildman–Crippen MR) is 111 cm³/mol. The smallest absolute Gasteiger partial charge is 0.341 e. The van der Waals surface area contributed by atoms with Gasteiger partial charge in [0.1, 0.15) is 0 Å². The molecule has 154 valence electrons. The molecule has 0 rings (SSSR count). The number of oxime groups is 1. The van der Waals surface area contributed by atoms with Crippen LogP contribution in [0.1, 0.15) is 112 Å². The lowest BCUT2D eigenvalue weighted by Crippen LogP contribution is -2.40. The van der Waals surface area contributed by atoms with Gasteiger partial charge in [-0.25, -0.2) is 4.79 Å². The highest BCUT2D eigenvalue weighted by molar-refractivity contribution is 5.79. The molecule has 0 saturated carbocycles. The van der Waals surface area contributed by atoms with E-state index in [-0.39, 0.29) is 17.3 Å². The zero-order chi connectivity index (χ0) is 20.1. The van der Waals surface area contributed by atoms with Crippen LogP contribution in [-0.2, 0) is 9.63 Å². The van der Waals surface area contributed by atoms with E-state index in [1.165, 1.54) is 64.2 Å². The number of hydrogen-bond acceptors (Lipinski definition) is 3. The van der Waals surface area contributed by atoms with Gasteiger partial charge in [-0.3, -0.25) is 0 Å². The van der Waals surface area contributed by atoms with Gasteiger partial charge >= 0.3 is 5.97 Å². The third kappa shape index (κ3) is 10.0. The summed E-state index contributed by atoms with van der Waals surface area (Å²) in [6.45, 7) is 10.3. The van der Waals surface area contributed by atoms with Crippen molar-refractivity contribution >= 4 is 11.9 Å². The summed E-state index contributed by atoms with van der Waals surface area (Å²) in [5.74, 6) is -0.628. The van der Waals surface area contributed by atoms with E-state index in [4.69, 9.17) is 16.3 Å². The van der Waals surface area contributed by atoms with Gasteiger partial charge in [0.05, 0.1) is 5.41 Å². The Morgan fingerprint density at radius 2 is 1.23 bits per heavy atom. The molecule has 0 unspecified atom stereocenters. The fourth-order valence-electron chi connectivity index (χ4n) is 3.03. The molecule has 0 aliphatic heterocycles. The predicted octanol–water partition coefficient (Wildman–Crippen LogP) is 5.47. The lowest BCUT2D eigenvalue weighted by atomic mass is 9.65. The lowest BCUT2D eigenvalue weighted by molar-refractivity contribution is -0.161. The summed E-state index contributed by atoms with van der Waals surface area (Å²) in [5.41, 5.74) is 9.62. The number of guanidine groups is 1. The minimum Gasteiger partial charge on any atom is -0.367 e. The van der Waals surface area contributed by atoms with Crippen LogP contribution in [0, 0.1) is 10.8 Å². The summed E-state index contributed by atoms with van der Waals surface area (Å²) in [5, 5.41) is 3.39. The largest absolute Gasteiger partial charge is 0.367 e. The molecule has 0 heterocycles. The van der Waals surface area contributed by atoms with E-state index in [1.54, 1.807) is 0 Å². The molecular weight excluding hydrogens is 326 g/mol. The molecule has 5 nitrogen and oxygen atoms in total. The fourth-order valence-corrected chi connectivity index (χ4v) is 3.03. The number of nitrogens with two attached hydrogens (primary N) is 2. The van der Waals surface area contributed by atoms with Gasteiger partial charge in [0.15, 0.2) is 0 Å². The Kier molecular flexibility index (Phi) is 12.4. The van der Waals surface area contributed by atoms with E-state index in [0.29, 0.717) is 0 Å². The molecule has 0 aliphatic rings. The first-order chi connectivity index (χ1) is 12.1. The third-order valence-corrected chi connectivity index (χ3v) is 5.84. The van der Waals surface area contributed by atoms with E-state index in [2.05, 4.69) is 25.9 Å². The average molecular weight is 370 g/mol. The molecule has 0 fully saturated rings. The van der Waals surface area contributed by atoms with E-state index >= 15 is 0 Å². The molecule has 0 saturated heterocycles. The van der Waals surface area contributed by atoms with Crippen LogP contribution in [-0.4, -0.2) is 11.9 Å². The molecule has 5 heteroatoms. The zero-order valence-corrected chi connectivity index (χ0v) is 17.9. The SMILES string of the molecule is CCCCCCCCCCCCCC(C)(C)C(C)(C)C(=O)ON=C(N)N. The molecule has 0 aromatic heterocycles. The fraction of sp³-hybridized carbons (Fsp3) is 0.905. The van der Waals surface area contributed by atoms with Crippen molar-refractivity contribution in [3.05, 3.63) is 0 Å². The van der Waals surface area contributed by atoms with Crippen LogP contribution in [0.5, 0.6) is 0 Å². The van der Waals surface area contributed by atoms with Gasteiger partial charge < -0.3 is 16.3 Å². The van der Waals surface area contributed by atoms with E-state index in [0.717, 1.165) is 12.8 Å². The second-order valence-corrected chi connectivity index (χ2v) is 8.69. The molecule has 0 bridgehead atoms. The maximum absolute atomic E-state index is 12.3. The minimum absolute atomic E-state index is 0.178. The van der Waals surface area contributed by atoms with Crippen LogP contribution < -0.4 is 11.5 Å². The van der Waals surface area contributed by atoms with Gasteiger partial charge in [0, 0.05) is 0 Å². The molecule has 0 spiro atoms. The van der Waals surface area contributed by atoms with Gasteiger partial charge in [0.25, 0.3) is 0 Å². The number of rotatable bonds is 15. The summed E-state index contributed by atoms with van der Waals surface area (Å²) < 4.78 is 0. The van der Waals surface area contributed by atoms with Crippen molar-refractivity contribution in [3.8, 4) is 0 Å². The lowest BCUT2D eigenvalue weighted by Gasteiger charge is -2.38. The van der Waals surface area contributed by atoms with Crippen LogP contribution in [0.3, 0.4) is 0 Å². The maximum Gasteiger partial charge on any atom is 0.341 e. The van der Waals surface area contributed by atoms with Crippen molar-refractivity contribution in [3.63, 3.8) is 0 Å². The Balaban J connectivity index is 3.95. The summed E-state index contributed by atoms with van der Waals surface area (Å²) in [6, 6.07) is 0. The maximum atomic E-state index is 12.3. The first-order valence-corrected chi connectivity index (χ1v) is 10.5. The van der Waals surface area contributed by atoms with Crippen molar-refractivity contribution in [1.82, 2.24) is 0 Å². The Hall–Kier alpha value is -1.26. The highest BCUT2D eigenvalue weighted by Crippen LogP contribution is 2.43. The number of nitrogens with zero attached hydrogens (tertiary/aromatic N) is 1. The monoisotopic (exact) mass is 369 g/mol. The summed E-state index contributed by atoms with van der Waals surface area (Å²) in [6.07, 6.45) is 15.5. The summed E-state index contributed by atoms with van der Waals surface area (Å²) in [7, 11) is 0. The number of hydrogen-bond donors (Lipinski definition) is 2. The molecule has 0 aliphatic carbocycles. The number of carbonyl (C=O) groups is 1. The molecule has 26 heavy (non-hydrogen) atoms. The van der Waals surface area contributed by atoms with Gasteiger partial charge in [-0.1, -0.05) is 91.4 Å². The molecular formula is C21H43N3O2. The second-order valence-electron chi connectivity index (χ2n) is 8.69. The van der Waals surface area contributed by atoms with Crippen LogP contribution in [0.15, 0.2) is 5.16 Å². The molecule has 0 atom stereocenters. The first-order valence-electron chi connectivity index (χ1n) is 10.5. The molecule has 4 N–H and O–H groups in total. The molecule has 0 amide bonds. The van der Waals surface area contributed by atoms with Gasteiger partial charge in [-0.2, -0.15) is 0 Å². The Labute approximate surface area is 161 Å². The minimum atomic E-state index is -0.648. The first kappa shape index (κ1) is 24.7. The second kappa shape index (κ2) is 13.0. The Morgan fingerprint density at radius 1 is 0.808 bits per heavy atom. The highest BCUT2D eigenvalue weighted by Gasteiger charge is 2.44. The van der Waals surface area contributed by atoms with Gasteiger partial charge in [-0.05, 0) is 30.8 Å². The molecule has 0 aromatic rings. The van der Waals surface area contributed by atoms with Crippen LogP contribution in [0.25, 0.3) is 0 Å². The Morgan fingerprint density at radius 3 is 1.65 bits per heavy atom.